The molecule has 0 radical (unpaired) electrons. The van der Waals surface area contributed by atoms with E-state index in [1.807, 2.05) is 107 Å². The fraction of sp³-hybridized carbons (Fsp3) is 0.592. The van der Waals surface area contributed by atoms with Crippen LogP contribution in [0.25, 0.3) is 11.2 Å². The number of aromatic amines is 2. The van der Waals surface area contributed by atoms with Gasteiger partial charge in [0.25, 0.3) is 18.0 Å². The standard InChI is InChI=1S/C49H77N6O15PSi3/c1-32(2)45(58)52-48-53-46(59)40-44(51-31-50-40)54(48)47-43(66-49(62-28-26-60-35(7)56)63-29-27-61-36(8)57)42(67-71(9)55(33(3)4)34(5)6)39(65-47)30-64-74(69-72(10,11)12,70-73(13,14)15)68-41(37-22-18-16-19-23-37)38-24-20-17-21-25-38/h16-25,31-34,39,41-43,47,49H,26-30H2,1-15H3,(H2,50,51,52,53,58,59)/p+1/t39-,42+,43?,47-,71?/m1/s1. The van der Waals surface area contributed by atoms with Gasteiger partial charge in [0.15, 0.2) is 28.5 Å². The van der Waals surface area contributed by atoms with Crippen LogP contribution in [-0.4, -0.2) is 140 Å². The molecule has 2 aromatic heterocycles. The summed E-state index contributed by atoms with van der Waals surface area (Å²) < 4.78 is 76.6. The third-order valence-corrected chi connectivity index (χ3v) is 20.9. The number of amides is 1. The van der Waals surface area contributed by atoms with Crippen molar-refractivity contribution in [3.63, 3.8) is 0 Å². The third kappa shape index (κ3) is 17.7. The highest BCUT2D eigenvalue weighted by Gasteiger charge is 2.58. The summed E-state index contributed by atoms with van der Waals surface area (Å²) >= 11 is 0. The predicted molar refractivity (Wildman–Crippen MR) is 284 cm³/mol. The number of hydrogen-bond donors (Lipinski definition) is 3. The van der Waals surface area contributed by atoms with E-state index in [0.717, 1.165) is 11.1 Å². The molecule has 1 aliphatic heterocycles. The van der Waals surface area contributed by atoms with E-state index in [1.54, 1.807) is 13.8 Å². The van der Waals surface area contributed by atoms with Crippen LogP contribution in [0.2, 0.25) is 39.3 Å². The van der Waals surface area contributed by atoms with E-state index in [2.05, 4.69) is 52.6 Å². The number of benzene rings is 2. The molecule has 0 spiro atoms. The molecule has 410 valence electrons. The number of esters is 2. The molecular weight excluding hydrogens is 1030 g/mol. The molecule has 21 nitrogen and oxygen atoms in total. The molecule has 3 heterocycles. The molecule has 2 aromatic carbocycles. The molecule has 5 atom stereocenters. The lowest BCUT2D eigenvalue weighted by atomic mass is 10.0. The molecule has 25 heteroatoms. The Kier molecular flexibility index (Phi) is 22.4. The maximum Gasteiger partial charge on any atom is 0.659 e. The Balaban J connectivity index is 1.75. The molecule has 4 aromatic rings. The topological polar surface area (TPSA) is 233 Å². The van der Waals surface area contributed by atoms with E-state index in [4.69, 9.17) is 50.0 Å². The minimum absolute atomic E-state index is 0.0343. The SMILES string of the molecule is CC(=O)OCCOC(OCCOC(C)=O)OC1[C@@H](OP(C)N(C(C)C)C(C)C)[C@@H](CO[Si](OC(c2ccccc2)c2ccccc2)(O[Si](C)(C)C)O[Si](C)(C)C)O[C@H]1[n+]1c(NC(=O)C(C)C)[nH]c(=O)c2[nH]cnc21. The second kappa shape index (κ2) is 27.3. The zero-order valence-electron chi connectivity index (χ0n) is 45.5. The van der Waals surface area contributed by atoms with Gasteiger partial charge < -0.3 is 55.0 Å². The molecule has 3 N–H and O–H groups in total. The number of H-pyrrole nitrogens is 2. The smallest absolute Gasteiger partial charge is 0.463 e. The summed E-state index contributed by atoms with van der Waals surface area (Å²) in [6, 6.07) is 19.7. The van der Waals surface area contributed by atoms with E-state index >= 15 is 0 Å². The molecule has 0 bridgehead atoms. The van der Waals surface area contributed by atoms with Gasteiger partial charge in [0, 0.05) is 31.8 Å². The van der Waals surface area contributed by atoms with Crippen molar-refractivity contribution in [3.8, 4) is 0 Å². The van der Waals surface area contributed by atoms with Crippen molar-refractivity contribution in [1.29, 1.82) is 0 Å². The summed E-state index contributed by atoms with van der Waals surface area (Å²) in [6.45, 7) is 26.1. The lowest BCUT2D eigenvalue weighted by Gasteiger charge is -2.41. The molecule has 0 aliphatic carbocycles. The number of hydrogen-bond acceptors (Lipinski definition) is 17. The largest absolute Gasteiger partial charge is 0.659 e. The van der Waals surface area contributed by atoms with E-state index < -0.39 is 100 Å². The van der Waals surface area contributed by atoms with Gasteiger partial charge in [-0.25, -0.2) is 10.3 Å². The molecular formula is C49H78N6O15PSi3+. The maximum atomic E-state index is 13.7. The number of carbonyl (C=O) groups excluding carboxylic acids is 3. The molecule has 1 saturated heterocycles. The lowest BCUT2D eigenvalue weighted by molar-refractivity contribution is -0.737. The van der Waals surface area contributed by atoms with E-state index in [9.17, 15) is 19.2 Å². The van der Waals surface area contributed by atoms with Crippen molar-refractivity contribution in [2.45, 2.75) is 144 Å². The van der Waals surface area contributed by atoms with Gasteiger partial charge in [-0.3, -0.25) is 23.8 Å². The minimum atomic E-state index is -4.31. The summed E-state index contributed by atoms with van der Waals surface area (Å²) in [7, 11) is -11.0. The average Bonchev–Trinajstić information content (AvgIpc) is 3.92. The summed E-state index contributed by atoms with van der Waals surface area (Å²) in [6.07, 6.45) is -4.01. The summed E-state index contributed by atoms with van der Waals surface area (Å²) in [5, 5.41) is 2.87. The fourth-order valence-corrected chi connectivity index (χ4v) is 18.5. The number of ether oxygens (including phenoxy) is 6. The number of aromatic nitrogens is 4. The van der Waals surface area contributed by atoms with Crippen molar-refractivity contribution in [2.24, 2.45) is 5.92 Å². The number of imidazole rings is 1. The molecule has 0 saturated carbocycles. The quantitative estimate of drug-likeness (QED) is 0.0121. The van der Waals surface area contributed by atoms with Crippen LogP contribution in [-0.2, 0) is 64.4 Å². The van der Waals surface area contributed by atoms with Crippen LogP contribution in [0.15, 0.2) is 71.8 Å². The molecule has 1 fully saturated rings. The van der Waals surface area contributed by atoms with Gasteiger partial charge in [0.2, 0.25) is 6.23 Å². The molecule has 1 amide bonds. The predicted octanol–water partition coefficient (Wildman–Crippen LogP) is 7.27. The van der Waals surface area contributed by atoms with Crippen LogP contribution in [0.1, 0.15) is 78.8 Å². The highest BCUT2D eigenvalue weighted by molar-refractivity contribution is 7.49. The molecule has 5 rings (SSSR count). The molecule has 74 heavy (non-hydrogen) atoms. The van der Waals surface area contributed by atoms with Crippen molar-refractivity contribution >= 4 is 68.9 Å². The van der Waals surface area contributed by atoms with Crippen LogP contribution in [0.4, 0.5) is 5.95 Å². The number of fused-ring (bicyclic) bond motifs is 1. The van der Waals surface area contributed by atoms with Gasteiger partial charge in [-0.15, -0.1) is 4.98 Å². The van der Waals surface area contributed by atoms with Crippen LogP contribution >= 0.6 is 8.30 Å². The van der Waals surface area contributed by atoms with Gasteiger partial charge in [0.05, 0.1) is 19.8 Å². The lowest BCUT2D eigenvalue weighted by Crippen LogP contribution is -2.60. The normalized spacial score (nSPS) is 18.1. The fourth-order valence-electron chi connectivity index (χ4n) is 8.11. The third-order valence-electron chi connectivity index (χ3n) is 10.8. The van der Waals surface area contributed by atoms with Crippen molar-refractivity contribution in [3.05, 3.63) is 88.5 Å². The van der Waals surface area contributed by atoms with E-state index in [0.29, 0.717) is 0 Å². The Morgan fingerprint density at radius 1 is 0.797 bits per heavy atom. The number of carbonyl (C=O) groups is 3. The summed E-state index contributed by atoms with van der Waals surface area (Å²) in [4.78, 5) is 61.2. The first kappa shape index (κ1) is 60.7. The van der Waals surface area contributed by atoms with Crippen molar-refractivity contribution < 1.29 is 69.0 Å². The van der Waals surface area contributed by atoms with Crippen LogP contribution < -0.4 is 15.4 Å². The summed E-state index contributed by atoms with van der Waals surface area (Å²) in [5.41, 5.74) is 1.31. The number of nitrogens with one attached hydrogen (secondary N) is 3. The Morgan fingerprint density at radius 3 is 1.80 bits per heavy atom. The first-order chi connectivity index (χ1) is 34.8. The second-order valence-electron chi connectivity index (χ2n) is 20.5. The molecule has 2 unspecified atom stereocenters. The monoisotopic (exact) mass is 1110 g/mol. The Bertz CT molecular complexity index is 2390. The van der Waals surface area contributed by atoms with Gasteiger partial charge in [-0.05, 0) is 84.8 Å². The number of rotatable bonds is 29. The Morgan fingerprint density at radius 2 is 1.32 bits per heavy atom. The van der Waals surface area contributed by atoms with E-state index in [1.165, 1.54) is 24.7 Å². The Labute approximate surface area is 439 Å². The first-order valence-corrected chi connectivity index (χ1v) is 35.0. The highest BCUT2D eigenvalue weighted by Crippen LogP contribution is 2.47. The minimum Gasteiger partial charge on any atom is -0.463 e. The average molecular weight is 1110 g/mol. The van der Waals surface area contributed by atoms with Gasteiger partial charge in [0.1, 0.15) is 45.9 Å². The van der Waals surface area contributed by atoms with E-state index in [-0.39, 0.29) is 62.2 Å². The Hall–Kier alpha value is -4.12. The maximum absolute atomic E-state index is 13.7. The van der Waals surface area contributed by atoms with Crippen LogP contribution in [0, 0.1) is 5.92 Å². The highest BCUT2D eigenvalue weighted by atomic mass is 31.2. The number of nitrogens with zero attached hydrogens (tertiary/aromatic N) is 3. The molecule has 1 aliphatic rings. The van der Waals surface area contributed by atoms with Gasteiger partial charge >= 0.3 is 32.5 Å². The van der Waals surface area contributed by atoms with Gasteiger partial charge in [-0.1, -0.05) is 74.5 Å². The van der Waals surface area contributed by atoms with Crippen molar-refractivity contribution in [2.75, 3.05) is 45.0 Å². The first-order valence-electron chi connectivity index (χ1n) is 24.9. The number of anilines is 1. The zero-order chi connectivity index (χ0) is 54.5. The van der Waals surface area contributed by atoms with Crippen molar-refractivity contribution in [1.82, 2.24) is 19.6 Å². The summed E-state index contributed by atoms with van der Waals surface area (Å²) in [5.74, 6) is -2.04. The van der Waals surface area contributed by atoms with Gasteiger partial charge in [-0.2, -0.15) is 4.57 Å². The second-order valence-corrected chi connectivity index (χ2v) is 33.7. The van der Waals surface area contributed by atoms with Crippen LogP contribution in [0.5, 0.6) is 0 Å². The zero-order valence-corrected chi connectivity index (χ0v) is 49.4. The van der Waals surface area contributed by atoms with Crippen LogP contribution in [0.3, 0.4) is 0 Å².